The van der Waals surface area contributed by atoms with Gasteiger partial charge in [0.1, 0.15) is 0 Å². The molecule has 2 aromatic carbocycles. The first-order chi connectivity index (χ1) is 11.9. The number of carbonyl (C=O) groups excluding carboxylic acids is 3. The number of benzene rings is 2. The quantitative estimate of drug-likeness (QED) is 0.894. The third-order valence-electron chi connectivity index (χ3n) is 4.28. The van der Waals surface area contributed by atoms with E-state index in [-0.39, 0.29) is 18.2 Å². The van der Waals surface area contributed by atoms with Gasteiger partial charge in [0, 0.05) is 29.9 Å². The summed E-state index contributed by atoms with van der Waals surface area (Å²) in [7, 11) is 0. The molecule has 6 nitrogen and oxygen atoms in total. The largest absolute Gasteiger partial charge is 0.366 e. The molecular weight excluding hydrogens is 318 g/mol. The minimum atomic E-state index is -0.520. The van der Waals surface area contributed by atoms with Gasteiger partial charge in [-0.1, -0.05) is 17.7 Å². The number of hydrogen-bond acceptors (Lipinski definition) is 3. The summed E-state index contributed by atoms with van der Waals surface area (Å²) in [5.41, 5.74) is 8.05. The van der Waals surface area contributed by atoms with Crippen molar-refractivity contribution in [1.29, 1.82) is 0 Å². The minimum absolute atomic E-state index is 0.0620. The summed E-state index contributed by atoms with van der Waals surface area (Å²) in [6.07, 6.45) is 0.180. The van der Waals surface area contributed by atoms with E-state index in [1.54, 1.807) is 29.2 Å². The third-order valence-corrected chi connectivity index (χ3v) is 4.28. The van der Waals surface area contributed by atoms with Crippen LogP contribution in [0.3, 0.4) is 0 Å². The molecule has 3 rings (SSSR count). The van der Waals surface area contributed by atoms with Gasteiger partial charge in [-0.25, -0.2) is 0 Å². The first-order valence-corrected chi connectivity index (χ1v) is 8.02. The van der Waals surface area contributed by atoms with Crippen molar-refractivity contribution in [2.75, 3.05) is 16.8 Å². The van der Waals surface area contributed by atoms with Gasteiger partial charge in [-0.2, -0.15) is 0 Å². The first-order valence-electron chi connectivity index (χ1n) is 8.02. The number of nitrogens with one attached hydrogen (secondary N) is 1. The van der Waals surface area contributed by atoms with Gasteiger partial charge in [0.05, 0.1) is 5.92 Å². The Labute approximate surface area is 145 Å². The number of aryl methyl sites for hydroxylation is 1. The average Bonchev–Trinajstić information content (AvgIpc) is 2.98. The van der Waals surface area contributed by atoms with Crippen molar-refractivity contribution in [3.63, 3.8) is 0 Å². The molecule has 0 bridgehead atoms. The van der Waals surface area contributed by atoms with Crippen LogP contribution in [0.1, 0.15) is 22.3 Å². The zero-order chi connectivity index (χ0) is 18.0. The highest BCUT2D eigenvalue weighted by Gasteiger charge is 2.35. The van der Waals surface area contributed by atoms with E-state index < -0.39 is 11.8 Å². The highest BCUT2D eigenvalue weighted by atomic mass is 16.2. The number of rotatable bonds is 4. The summed E-state index contributed by atoms with van der Waals surface area (Å²) in [4.78, 5) is 37.4. The summed E-state index contributed by atoms with van der Waals surface area (Å²) in [5, 5.41) is 2.78. The number of carbonyl (C=O) groups is 3. The van der Waals surface area contributed by atoms with Crippen molar-refractivity contribution in [3.05, 3.63) is 59.7 Å². The molecule has 3 amide bonds. The lowest BCUT2D eigenvalue weighted by atomic mass is 10.1. The van der Waals surface area contributed by atoms with E-state index in [1.165, 1.54) is 0 Å². The van der Waals surface area contributed by atoms with E-state index in [1.807, 2.05) is 31.2 Å². The molecule has 0 aromatic heterocycles. The lowest BCUT2D eigenvalue weighted by Gasteiger charge is -2.17. The van der Waals surface area contributed by atoms with Crippen LogP contribution in [0.2, 0.25) is 0 Å². The zero-order valence-electron chi connectivity index (χ0n) is 13.9. The maximum atomic E-state index is 12.4. The molecule has 0 spiro atoms. The van der Waals surface area contributed by atoms with Gasteiger partial charge in [-0.15, -0.1) is 0 Å². The predicted octanol–water partition coefficient (Wildman–Crippen LogP) is 2.09. The lowest BCUT2D eigenvalue weighted by molar-refractivity contribution is -0.122. The second-order valence-electron chi connectivity index (χ2n) is 6.17. The Balaban J connectivity index is 1.66. The Hall–Kier alpha value is -3.15. The summed E-state index contributed by atoms with van der Waals surface area (Å²) >= 11 is 0. The van der Waals surface area contributed by atoms with E-state index in [2.05, 4.69) is 5.32 Å². The van der Waals surface area contributed by atoms with Crippen molar-refractivity contribution >= 4 is 29.1 Å². The molecule has 1 atom stereocenters. The molecule has 128 valence electrons. The van der Waals surface area contributed by atoms with Crippen LogP contribution < -0.4 is 16.0 Å². The fourth-order valence-corrected chi connectivity index (χ4v) is 2.82. The molecule has 1 fully saturated rings. The number of nitrogens with zero attached hydrogens (tertiary/aromatic N) is 1. The Morgan fingerprint density at radius 2 is 1.72 bits per heavy atom. The van der Waals surface area contributed by atoms with Crippen LogP contribution in [0.4, 0.5) is 11.4 Å². The SMILES string of the molecule is Cc1ccc(N2C[C@@H](C(=O)Nc3ccc(C(N)=O)cc3)CC2=O)cc1. The zero-order valence-corrected chi connectivity index (χ0v) is 13.9. The first kappa shape index (κ1) is 16.7. The van der Waals surface area contributed by atoms with Gasteiger partial charge in [0.15, 0.2) is 0 Å². The second-order valence-corrected chi connectivity index (χ2v) is 6.17. The standard InChI is InChI=1S/C19H19N3O3/c1-12-2-8-16(9-3-12)22-11-14(10-17(22)23)19(25)21-15-6-4-13(5-7-15)18(20)24/h2-9,14H,10-11H2,1H3,(H2,20,24)(H,21,25)/t14-/m0/s1. The van der Waals surface area contributed by atoms with Crippen LogP contribution in [-0.2, 0) is 9.59 Å². The van der Waals surface area contributed by atoms with Crippen LogP contribution in [-0.4, -0.2) is 24.3 Å². The summed E-state index contributed by atoms with van der Waals surface area (Å²) in [6, 6.07) is 14.0. The molecule has 25 heavy (non-hydrogen) atoms. The summed E-state index contributed by atoms with van der Waals surface area (Å²) in [5.74, 6) is -1.21. The van der Waals surface area contributed by atoms with Gasteiger partial charge in [-0.3, -0.25) is 14.4 Å². The van der Waals surface area contributed by atoms with E-state index in [4.69, 9.17) is 5.73 Å². The maximum Gasteiger partial charge on any atom is 0.248 e. The van der Waals surface area contributed by atoms with Gasteiger partial charge in [-0.05, 0) is 43.3 Å². The average molecular weight is 337 g/mol. The smallest absolute Gasteiger partial charge is 0.248 e. The van der Waals surface area contributed by atoms with Crippen molar-refractivity contribution in [2.24, 2.45) is 11.7 Å². The molecule has 0 saturated carbocycles. The van der Waals surface area contributed by atoms with Gasteiger partial charge in [0.2, 0.25) is 17.7 Å². The predicted molar refractivity (Wildman–Crippen MR) is 95.2 cm³/mol. The van der Waals surface area contributed by atoms with Crippen molar-refractivity contribution in [2.45, 2.75) is 13.3 Å². The molecule has 0 aliphatic carbocycles. The van der Waals surface area contributed by atoms with Crippen LogP contribution in [0.5, 0.6) is 0 Å². The van der Waals surface area contributed by atoms with Gasteiger partial charge < -0.3 is 16.0 Å². The van der Waals surface area contributed by atoms with E-state index >= 15 is 0 Å². The lowest BCUT2D eigenvalue weighted by Crippen LogP contribution is -2.28. The van der Waals surface area contributed by atoms with E-state index in [0.717, 1.165) is 11.3 Å². The summed E-state index contributed by atoms with van der Waals surface area (Å²) < 4.78 is 0. The van der Waals surface area contributed by atoms with Crippen molar-refractivity contribution < 1.29 is 14.4 Å². The van der Waals surface area contributed by atoms with Crippen molar-refractivity contribution in [3.8, 4) is 0 Å². The molecule has 1 heterocycles. The van der Waals surface area contributed by atoms with Gasteiger partial charge >= 0.3 is 0 Å². The van der Waals surface area contributed by atoms with E-state index in [9.17, 15) is 14.4 Å². The number of nitrogens with two attached hydrogens (primary N) is 1. The summed E-state index contributed by atoms with van der Waals surface area (Å²) in [6.45, 7) is 2.34. The molecular formula is C19H19N3O3. The van der Waals surface area contributed by atoms with Gasteiger partial charge in [0.25, 0.3) is 0 Å². The second kappa shape index (κ2) is 6.76. The monoisotopic (exact) mass is 337 g/mol. The molecule has 1 aliphatic rings. The van der Waals surface area contributed by atoms with Crippen molar-refractivity contribution in [1.82, 2.24) is 0 Å². The van der Waals surface area contributed by atoms with Crippen LogP contribution in [0, 0.1) is 12.8 Å². The molecule has 3 N–H and O–H groups in total. The highest BCUT2D eigenvalue weighted by molar-refractivity contribution is 6.03. The molecule has 1 aliphatic heterocycles. The molecule has 0 unspecified atom stereocenters. The Morgan fingerprint density at radius 1 is 1.08 bits per heavy atom. The number of anilines is 2. The normalized spacial score (nSPS) is 16.8. The van der Waals surface area contributed by atoms with Crippen LogP contribution in [0.15, 0.2) is 48.5 Å². The molecule has 6 heteroatoms. The van der Waals surface area contributed by atoms with Crippen LogP contribution >= 0.6 is 0 Å². The highest BCUT2D eigenvalue weighted by Crippen LogP contribution is 2.26. The fraction of sp³-hybridized carbons (Fsp3) is 0.211. The Morgan fingerprint density at radius 3 is 2.32 bits per heavy atom. The topological polar surface area (TPSA) is 92.5 Å². The third kappa shape index (κ3) is 3.68. The number of primary amides is 1. The molecule has 1 saturated heterocycles. The maximum absolute atomic E-state index is 12.4. The molecule has 2 aromatic rings. The van der Waals surface area contributed by atoms with E-state index in [0.29, 0.717) is 17.8 Å². The fourth-order valence-electron chi connectivity index (χ4n) is 2.82. The van der Waals surface area contributed by atoms with Crippen LogP contribution in [0.25, 0.3) is 0 Å². The Bertz CT molecular complexity index is 813. The Kier molecular flexibility index (Phi) is 4.52. The number of amides is 3. The minimum Gasteiger partial charge on any atom is -0.366 e. The molecule has 0 radical (unpaired) electrons. The number of hydrogen-bond donors (Lipinski definition) is 2.